The van der Waals surface area contributed by atoms with Crippen LogP contribution >= 0.6 is 12.2 Å². The van der Waals surface area contributed by atoms with Gasteiger partial charge < -0.3 is 14.8 Å². The first-order valence-corrected chi connectivity index (χ1v) is 13.0. The zero-order valence-electron chi connectivity index (χ0n) is 20.7. The second-order valence-corrected chi connectivity index (χ2v) is 10.1. The Balaban J connectivity index is 1.58. The summed E-state index contributed by atoms with van der Waals surface area (Å²) in [4.78, 5) is 20.1. The normalized spacial score (nSPS) is 11.3. The Morgan fingerprint density at radius 1 is 1.00 bits per heavy atom. The molecule has 0 aliphatic carbocycles. The summed E-state index contributed by atoms with van der Waals surface area (Å²) in [6.45, 7) is 4.23. The van der Waals surface area contributed by atoms with Crippen molar-refractivity contribution in [1.29, 1.82) is 0 Å². The van der Waals surface area contributed by atoms with E-state index in [1.54, 1.807) is 6.08 Å². The average molecular weight is 542 g/mol. The number of benzene rings is 2. The van der Waals surface area contributed by atoms with E-state index in [0.29, 0.717) is 11.6 Å². The fourth-order valence-electron chi connectivity index (χ4n) is 3.05. The highest BCUT2D eigenvalue weighted by Gasteiger charge is 2.17. The molecule has 0 spiro atoms. The number of nitrogens with one attached hydrogen (secondary N) is 3. The Morgan fingerprint density at radius 2 is 1.68 bits per heavy atom. The summed E-state index contributed by atoms with van der Waals surface area (Å²) in [6.07, 6.45) is 3.08. The molecular formula is C25H27N5O5S2. The maximum Gasteiger partial charge on any atom is 0.321 e. The van der Waals surface area contributed by atoms with E-state index in [9.17, 15) is 13.2 Å². The van der Waals surface area contributed by atoms with Gasteiger partial charge in [-0.2, -0.15) is 9.97 Å². The number of nitrogens with zero attached hydrogens (tertiary/aromatic N) is 2. The fourth-order valence-corrected chi connectivity index (χ4v) is 4.26. The summed E-state index contributed by atoms with van der Waals surface area (Å²) in [5.41, 5.74) is 2.60. The summed E-state index contributed by atoms with van der Waals surface area (Å²) in [7, 11) is -1.22. The van der Waals surface area contributed by atoms with Gasteiger partial charge in [-0.1, -0.05) is 38.1 Å². The first-order valence-electron chi connectivity index (χ1n) is 11.1. The van der Waals surface area contributed by atoms with Gasteiger partial charge in [-0.25, -0.2) is 8.42 Å². The fraction of sp³-hybridized carbons (Fsp3) is 0.200. The molecule has 3 rings (SSSR count). The lowest BCUT2D eigenvalue weighted by Crippen LogP contribution is -2.32. The molecule has 1 aromatic heterocycles. The lowest BCUT2D eigenvalue weighted by Gasteiger charge is -2.11. The highest BCUT2D eigenvalue weighted by Crippen LogP contribution is 2.21. The molecule has 3 aromatic rings. The first kappa shape index (κ1) is 27.6. The quantitative estimate of drug-likeness (QED) is 0.272. The van der Waals surface area contributed by atoms with Crippen LogP contribution in [0.25, 0.3) is 6.08 Å². The lowest BCUT2D eigenvalue weighted by atomic mass is 10.0. The summed E-state index contributed by atoms with van der Waals surface area (Å²) in [5.74, 6) is 0.156. The van der Waals surface area contributed by atoms with Gasteiger partial charge in [0.2, 0.25) is 11.8 Å². The molecule has 0 bridgehead atoms. The van der Waals surface area contributed by atoms with Gasteiger partial charge in [0, 0.05) is 17.8 Å². The van der Waals surface area contributed by atoms with Crippen molar-refractivity contribution in [3.05, 3.63) is 71.8 Å². The number of hydrogen-bond acceptors (Lipinski definition) is 8. The zero-order valence-corrected chi connectivity index (χ0v) is 22.3. The predicted molar refractivity (Wildman–Crippen MR) is 146 cm³/mol. The first-order chi connectivity index (χ1) is 17.6. The molecule has 0 aliphatic rings. The number of anilines is 2. The number of hydrogen-bond donors (Lipinski definition) is 3. The molecule has 0 atom stereocenters. The van der Waals surface area contributed by atoms with Gasteiger partial charge in [-0.05, 0) is 59.6 Å². The maximum atomic E-state index is 12.8. The third kappa shape index (κ3) is 7.98. The minimum Gasteiger partial charge on any atom is -0.481 e. The molecule has 10 nitrogen and oxygen atoms in total. The molecule has 0 unspecified atom stereocenters. The summed E-state index contributed by atoms with van der Waals surface area (Å²) in [5, 5.41) is 5.47. The third-order valence-corrected chi connectivity index (χ3v) is 6.58. The average Bonchev–Trinajstić information content (AvgIpc) is 2.87. The van der Waals surface area contributed by atoms with E-state index < -0.39 is 15.9 Å². The number of thiocarbonyl (C=S) groups is 1. The number of methoxy groups -OCH3 is 2. The SMILES string of the molecule is COc1cc(NS(=O)(=O)c2ccc(NC(=S)NC(=O)/C=C/c3ccc(C(C)C)cc3)cc2)nc(OC)n1. The van der Waals surface area contributed by atoms with Crippen LogP contribution in [0, 0.1) is 0 Å². The van der Waals surface area contributed by atoms with Crippen LogP contribution in [-0.4, -0.2) is 43.6 Å². The zero-order chi connectivity index (χ0) is 27.0. The highest BCUT2D eigenvalue weighted by molar-refractivity contribution is 7.92. The molecular weight excluding hydrogens is 514 g/mol. The van der Waals surface area contributed by atoms with Crippen molar-refractivity contribution in [2.75, 3.05) is 24.3 Å². The van der Waals surface area contributed by atoms with Crippen molar-refractivity contribution in [1.82, 2.24) is 15.3 Å². The molecule has 3 N–H and O–H groups in total. The molecule has 0 aliphatic heterocycles. The predicted octanol–water partition coefficient (Wildman–Crippen LogP) is 3.94. The van der Waals surface area contributed by atoms with Crippen molar-refractivity contribution in [3.8, 4) is 11.9 Å². The molecule has 1 heterocycles. The number of ether oxygens (including phenoxy) is 2. The summed E-state index contributed by atoms with van der Waals surface area (Å²) >= 11 is 5.18. The van der Waals surface area contributed by atoms with Crippen molar-refractivity contribution in [3.63, 3.8) is 0 Å². The van der Waals surface area contributed by atoms with Crippen LogP contribution in [0.2, 0.25) is 0 Å². The van der Waals surface area contributed by atoms with Crippen LogP contribution in [0.15, 0.2) is 65.6 Å². The van der Waals surface area contributed by atoms with Crippen LogP contribution in [-0.2, 0) is 14.8 Å². The Labute approximate surface area is 221 Å². The summed E-state index contributed by atoms with van der Waals surface area (Å²) in [6, 6.07) is 15.0. The molecule has 0 radical (unpaired) electrons. The number of aromatic nitrogens is 2. The minimum absolute atomic E-state index is 0.0151. The molecule has 2 aromatic carbocycles. The largest absolute Gasteiger partial charge is 0.481 e. The second-order valence-electron chi connectivity index (χ2n) is 8.01. The van der Waals surface area contributed by atoms with Crippen LogP contribution in [0.3, 0.4) is 0 Å². The van der Waals surface area contributed by atoms with Gasteiger partial charge in [-0.15, -0.1) is 0 Å². The van der Waals surface area contributed by atoms with Crippen molar-refractivity contribution < 1.29 is 22.7 Å². The Kier molecular flexibility index (Phi) is 9.15. The standard InChI is InChI=1S/C25H27N5O5S2/c1-16(2)18-8-5-17(6-9-18)7-14-22(31)28-25(36)26-19-10-12-20(13-11-19)37(32,33)30-21-15-23(34-3)29-24(27-21)35-4/h5-16H,1-4H3,(H,27,29,30)(H2,26,28,31,36)/b14-7+. The molecule has 37 heavy (non-hydrogen) atoms. The Hall–Kier alpha value is -4.03. The minimum atomic E-state index is -3.96. The van der Waals surface area contributed by atoms with Crippen LogP contribution in [0.1, 0.15) is 30.9 Å². The molecule has 1 amide bonds. The molecule has 0 saturated carbocycles. The van der Waals surface area contributed by atoms with Gasteiger partial charge in [-0.3, -0.25) is 14.8 Å². The van der Waals surface area contributed by atoms with Crippen LogP contribution in [0.5, 0.6) is 11.9 Å². The van der Waals surface area contributed by atoms with Gasteiger partial charge in [0.05, 0.1) is 19.1 Å². The Bertz CT molecular complexity index is 1370. The number of carbonyl (C=O) groups excluding carboxylic acids is 1. The lowest BCUT2D eigenvalue weighted by molar-refractivity contribution is -0.115. The van der Waals surface area contributed by atoms with Gasteiger partial charge in [0.15, 0.2) is 10.9 Å². The monoisotopic (exact) mass is 541 g/mol. The second kappa shape index (κ2) is 12.3. The van der Waals surface area contributed by atoms with E-state index in [-0.39, 0.29) is 27.7 Å². The topological polar surface area (TPSA) is 132 Å². The smallest absolute Gasteiger partial charge is 0.321 e. The Morgan fingerprint density at radius 3 is 2.27 bits per heavy atom. The van der Waals surface area contributed by atoms with Gasteiger partial charge in [0.25, 0.3) is 10.0 Å². The number of sulfonamides is 1. The van der Waals surface area contributed by atoms with E-state index in [0.717, 1.165) is 5.56 Å². The van der Waals surface area contributed by atoms with Gasteiger partial charge in [0.1, 0.15) is 0 Å². The third-order valence-electron chi connectivity index (χ3n) is 5.00. The van der Waals surface area contributed by atoms with Gasteiger partial charge >= 0.3 is 6.01 Å². The van der Waals surface area contributed by atoms with Crippen molar-refractivity contribution in [2.24, 2.45) is 0 Å². The molecule has 0 fully saturated rings. The molecule has 12 heteroatoms. The molecule has 194 valence electrons. The number of rotatable bonds is 9. The van der Waals surface area contributed by atoms with Crippen molar-refractivity contribution in [2.45, 2.75) is 24.7 Å². The number of carbonyl (C=O) groups is 1. The van der Waals surface area contributed by atoms with E-state index in [1.807, 2.05) is 24.3 Å². The maximum absolute atomic E-state index is 12.8. The number of amides is 1. The van der Waals surface area contributed by atoms with E-state index in [4.69, 9.17) is 21.7 Å². The van der Waals surface area contributed by atoms with Crippen molar-refractivity contribution >= 4 is 50.8 Å². The van der Waals surface area contributed by atoms with E-state index in [1.165, 1.54) is 56.2 Å². The summed E-state index contributed by atoms with van der Waals surface area (Å²) < 4.78 is 37.9. The van der Waals surface area contributed by atoms with E-state index in [2.05, 4.69) is 39.2 Å². The van der Waals surface area contributed by atoms with E-state index >= 15 is 0 Å². The molecule has 0 saturated heterocycles. The highest BCUT2D eigenvalue weighted by atomic mass is 32.2. The van der Waals surface area contributed by atoms with Crippen LogP contribution < -0.4 is 24.8 Å². The van der Waals surface area contributed by atoms with Crippen LogP contribution in [0.4, 0.5) is 11.5 Å².